The van der Waals surface area contributed by atoms with Crippen LogP contribution in [0, 0.1) is 0 Å². The highest BCUT2D eigenvalue weighted by atomic mass is 35.5. The van der Waals surface area contributed by atoms with Crippen molar-refractivity contribution in [3.8, 4) is 28.3 Å². The number of carboxylic acids is 1. The molecule has 0 aliphatic heterocycles. The van der Waals surface area contributed by atoms with Crippen molar-refractivity contribution >= 4 is 40.8 Å². The first-order valence-electron chi connectivity index (χ1n) is 8.58. The molecule has 0 spiro atoms. The van der Waals surface area contributed by atoms with Gasteiger partial charge in [-0.25, -0.2) is 9.78 Å². The molecule has 1 heterocycles. The van der Waals surface area contributed by atoms with E-state index in [1.807, 2.05) is 36.4 Å². The Morgan fingerprint density at radius 3 is 2.24 bits per heavy atom. The van der Waals surface area contributed by atoms with E-state index in [0.717, 1.165) is 5.56 Å². The molecule has 0 bridgehead atoms. The number of benzene rings is 3. The number of hydrogen-bond donors (Lipinski definition) is 1. The van der Waals surface area contributed by atoms with Gasteiger partial charge in [0, 0.05) is 21.8 Å². The molecule has 0 amide bonds. The van der Waals surface area contributed by atoms with Gasteiger partial charge >= 0.3 is 5.97 Å². The predicted molar refractivity (Wildman–Crippen MR) is 116 cm³/mol. The zero-order valence-electron chi connectivity index (χ0n) is 14.8. The van der Waals surface area contributed by atoms with Gasteiger partial charge in [-0.05, 0) is 30.3 Å². The summed E-state index contributed by atoms with van der Waals surface area (Å²) in [6, 6.07) is 21.5. The lowest BCUT2D eigenvalue weighted by Crippen LogP contribution is -2.03. The minimum Gasteiger partial charge on any atom is -0.476 e. The number of halogens is 3. The normalized spacial score (nSPS) is 10.9. The van der Waals surface area contributed by atoms with Crippen LogP contribution in [0.25, 0.3) is 28.3 Å². The number of rotatable bonds is 4. The first-order chi connectivity index (χ1) is 14.0. The van der Waals surface area contributed by atoms with E-state index in [-0.39, 0.29) is 5.69 Å². The summed E-state index contributed by atoms with van der Waals surface area (Å²) >= 11 is 18.5. The zero-order chi connectivity index (χ0) is 20.5. The molecule has 4 rings (SSSR count). The third-order valence-corrected chi connectivity index (χ3v) is 5.35. The van der Waals surface area contributed by atoms with Crippen molar-refractivity contribution in [3.05, 3.63) is 93.6 Å². The van der Waals surface area contributed by atoms with Gasteiger partial charge in [-0.1, -0.05) is 77.3 Å². The molecule has 0 unspecified atom stereocenters. The molecule has 1 aromatic heterocycles. The predicted octanol–water partition coefficient (Wildman–Crippen LogP) is 6.86. The molecular weight excluding hydrogens is 431 g/mol. The average Bonchev–Trinajstić information content (AvgIpc) is 3.12. The van der Waals surface area contributed by atoms with Crippen molar-refractivity contribution in [3.63, 3.8) is 0 Å². The summed E-state index contributed by atoms with van der Waals surface area (Å²) in [6.45, 7) is 0. The lowest BCUT2D eigenvalue weighted by molar-refractivity contribution is 0.0692. The summed E-state index contributed by atoms with van der Waals surface area (Å²) in [5.74, 6) is -0.671. The van der Waals surface area contributed by atoms with E-state index in [1.54, 1.807) is 41.0 Å². The van der Waals surface area contributed by atoms with Gasteiger partial charge in [0.05, 0.1) is 15.7 Å². The van der Waals surface area contributed by atoms with Crippen LogP contribution in [0.1, 0.15) is 10.5 Å². The van der Waals surface area contributed by atoms with Gasteiger partial charge in [-0.2, -0.15) is 0 Å². The Morgan fingerprint density at radius 2 is 1.59 bits per heavy atom. The third kappa shape index (κ3) is 3.75. The van der Waals surface area contributed by atoms with E-state index in [1.165, 1.54) is 0 Å². The molecule has 4 aromatic rings. The quantitative estimate of drug-likeness (QED) is 0.374. The van der Waals surface area contributed by atoms with Crippen LogP contribution in [0.2, 0.25) is 15.1 Å². The zero-order valence-corrected chi connectivity index (χ0v) is 17.1. The Bertz CT molecular complexity index is 1220. The van der Waals surface area contributed by atoms with Crippen LogP contribution in [0.4, 0.5) is 0 Å². The minimum atomic E-state index is -1.15. The molecule has 29 heavy (non-hydrogen) atoms. The molecule has 0 saturated heterocycles. The van der Waals surface area contributed by atoms with Gasteiger partial charge in [0.15, 0.2) is 5.69 Å². The fraction of sp³-hybridized carbons (Fsp3) is 0. The standard InChI is InChI=1S/C22H13Cl3N2O2/c23-15-7-4-8-16(12-15)27-20(14-9-10-17(24)18(25)11-14)19(22(28)29)26-21(27)13-5-2-1-3-6-13/h1-12H,(H,28,29). The van der Waals surface area contributed by atoms with Crippen LogP contribution >= 0.6 is 34.8 Å². The summed E-state index contributed by atoms with van der Waals surface area (Å²) in [6.07, 6.45) is 0. The van der Waals surface area contributed by atoms with Crippen molar-refractivity contribution in [1.82, 2.24) is 9.55 Å². The van der Waals surface area contributed by atoms with E-state index in [0.29, 0.717) is 37.8 Å². The third-order valence-electron chi connectivity index (χ3n) is 4.37. The maximum absolute atomic E-state index is 12.1. The fourth-order valence-corrected chi connectivity index (χ4v) is 3.61. The Labute approximate surface area is 181 Å². The number of carboxylic acid groups (broad SMARTS) is 1. The largest absolute Gasteiger partial charge is 0.476 e. The van der Waals surface area contributed by atoms with Gasteiger partial charge in [-0.15, -0.1) is 0 Å². The molecule has 0 aliphatic rings. The summed E-state index contributed by atoms with van der Waals surface area (Å²) in [4.78, 5) is 16.5. The van der Waals surface area contributed by atoms with Gasteiger partial charge in [0.2, 0.25) is 0 Å². The highest BCUT2D eigenvalue weighted by Crippen LogP contribution is 2.36. The molecule has 0 fully saturated rings. The minimum absolute atomic E-state index is 0.0952. The Morgan fingerprint density at radius 1 is 0.828 bits per heavy atom. The first-order valence-corrected chi connectivity index (χ1v) is 9.72. The molecule has 0 radical (unpaired) electrons. The molecule has 0 atom stereocenters. The molecule has 0 aliphatic carbocycles. The fourth-order valence-electron chi connectivity index (χ4n) is 3.13. The van der Waals surface area contributed by atoms with E-state index >= 15 is 0 Å². The van der Waals surface area contributed by atoms with Gasteiger partial charge < -0.3 is 5.11 Å². The van der Waals surface area contributed by atoms with Crippen molar-refractivity contribution in [2.24, 2.45) is 0 Å². The molecule has 1 N–H and O–H groups in total. The van der Waals surface area contributed by atoms with Crippen molar-refractivity contribution in [1.29, 1.82) is 0 Å². The van der Waals surface area contributed by atoms with Gasteiger partial charge in [0.25, 0.3) is 0 Å². The molecule has 3 aromatic carbocycles. The lowest BCUT2D eigenvalue weighted by atomic mass is 10.1. The van der Waals surface area contributed by atoms with Crippen LogP contribution in [-0.2, 0) is 0 Å². The molecule has 144 valence electrons. The van der Waals surface area contributed by atoms with Crippen LogP contribution in [-0.4, -0.2) is 20.6 Å². The second-order valence-corrected chi connectivity index (χ2v) is 7.50. The van der Waals surface area contributed by atoms with E-state index in [4.69, 9.17) is 34.8 Å². The van der Waals surface area contributed by atoms with Crippen LogP contribution in [0.15, 0.2) is 72.8 Å². The molecule has 7 heteroatoms. The van der Waals surface area contributed by atoms with Crippen LogP contribution in [0.5, 0.6) is 0 Å². The summed E-state index contributed by atoms with van der Waals surface area (Å²) in [5, 5.41) is 11.1. The van der Waals surface area contributed by atoms with E-state index < -0.39 is 5.97 Å². The number of hydrogen-bond acceptors (Lipinski definition) is 2. The van der Waals surface area contributed by atoms with Crippen LogP contribution < -0.4 is 0 Å². The van der Waals surface area contributed by atoms with E-state index in [2.05, 4.69) is 4.98 Å². The average molecular weight is 444 g/mol. The Kier molecular flexibility index (Phi) is 5.33. The number of aromatic carboxylic acids is 1. The van der Waals surface area contributed by atoms with Gasteiger partial charge in [0.1, 0.15) is 5.82 Å². The number of nitrogens with zero attached hydrogens (tertiary/aromatic N) is 2. The molecular formula is C22H13Cl3N2O2. The smallest absolute Gasteiger partial charge is 0.356 e. The van der Waals surface area contributed by atoms with E-state index in [9.17, 15) is 9.90 Å². The first kappa shape index (κ1) is 19.5. The molecule has 0 saturated carbocycles. The van der Waals surface area contributed by atoms with Gasteiger partial charge in [-0.3, -0.25) is 4.57 Å². The van der Waals surface area contributed by atoms with Crippen LogP contribution in [0.3, 0.4) is 0 Å². The second-order valence-electron chi connectivity index (χ2n) is 6.25. The summed E-state index contributed by atoms with van der Waals surface area (Å²) in [7, 11) is 0. The summed E-state index contributed by atoms with van der Waals surface area (Å²) in [5.41, 5.74) is 2.31. The lowest BCUT2D eigenvalue weighted by Gasteiger charge is -2.14. The maximum Gasteiger partial charge on any atom is 0.356 e. The van der Waals surface area contributed by atoms with Crippen molar-refractivity contribution in [2.45, 2.75) is 0 Å². The highest BCUT2D eigenvalue weighted by molar-refractivity contribution is 6.42. The Balaban J connectivity index is 2.11. The topological polar surface area (TPSA) is 55.1 Å². The van der Waals surface area contributed by atoms with Crippen molar-refractivity contribution in [2.75, 3.05) is 0 Å². The number of aromatic nitrogens is 2. The monoisotopic (exact) mass is 442 g/mol. The second kappa shape index (κ2) is 7.91. The maximum atomic E-state index is 12.1. The molecule has 4 nitrogen and oxygen atoms in total. The van der Waals surface area contributed by atoms with Crippen molar-refractivity contribution < 1.29 is 9.90 Å². The summed E-state index contributed by atoms with van der Waals surface area (Å²) < 4.78 is 1.77. The Hall–Kier alpha value is -2.79. The number of carbonyl (C=O) groups is 1. The highest BCUT2D eigenvalue weighted by Gasteiger charge is 2.25. The SMILES string of the molecule is O=C(O)c1nc(-c2ccccc2)n(-c2cccc(Cl)c2)c1-c1ccc(Cl)c(Cl)c1. The number of imidazole rings is 1.